The van der Waals surface area contributed by atoms with E-state index in [0.717, 1.165) is 53.1 Å². The number of aryl methyl sites for hydroxylation is 2. The first-order chi connectivity index (χ1) is 13.1. The van der Waals surface area contributed by atoms with E-state index in [1.165, 1.54) is 0 Å². The van der Waals surface area contributed by atoms with Crippen LogP contribution < -0.4 is 4.74 Å². The maximum absolute atomic E-state index is 12.7. The molecule has 0 bridgehead atoms. The molecule has 27 heavy (non-hydrogen) atoms. The van der Waals surface area contributed by atoms with Gasteiger partial charge in [0.05, 0.1) is 11.0 Å². The highest BCUT2D eigenvalue weighted by Crippen LogP contribution is 2.27. The monoisotopic (exact) mass is 363 g/mol. The number of fused-ring (bicyclic) bond motifs is 1. The number of piperidine rings is 1. The molecule has 5 heteroatoms. The number of rotatable bonds is 4. The van der Waals surface area contributed by atoms with Crippen LogP contribution in [0.3, 0.4) is 0 Å². The molecule has 140 valence electrons. The SMILES string of the molecule is Cc1cccc(C)c1OCC(=O)N1CCC[C@H](c2nc3ccccc3[nH]2)C1. The number of H-pyrrole nitrogens is 1. The second-order valence-electron chi connectivity index (χ2n) is 7.33. The number of ether oxygens (including phenoxy) is 1. The van der Waals surface area contributed by atoms with E-state index in [1.807, 2.05) is 61.2 Å². The fourth-order valence-corrected chi connectivity index (χ4v) is 3.84. The van der Waals surface area contributed by atoms with E-state index in [0.29, 0.717) is 6.54 Å². The van der Waals surface area contributed by atoms with Gasteiger partial charge in [0.25, 0.3) is 5.91 Å². The summed E-state index contributed by atoms with van der Waals surface area (Å²) in [6.07, 6.45) is 2.03. The Morgan fingerprint density at radius 2 is 1.96 bits per heavy atom. The minimum Gasteiger partial charge on any atom is -0.483 e. The summed E-state index contributed by atoms with van der Waals surface area (Å²) in [5, 5.41) is 0. The van der Waals surface area contributed by atoms with Crippen molar-refractivity contribution in [2.45, 2.75) is 32.6 Å². The number of carbonyl (C=O) groups excluding carboxylic acids is 1. The van der Waals surface area contributed by atoms with Crippen LogP contribution in [-0.2, 0) is 4.79 Å². The Hall–Kier alpha value is -2.82. The molecule has 1 aliphatic rings. The van der Waals surface area contributed by atoms with Gasteiger partial charge in [-0.2, -0.15) is 0 Å². The van der Waals surface area contributed by atoms with Gasteiger partial charge in [0.2, 0.25) is 0 Å². The number of aromatic nitrogens is 2. The molecular weight excluding hydrogens is 338 g/mol. The fourth-order valence-electron chi connectivity index (χ4n) is 3.84. The van der Waals surface area contributed by atoms with Crippen LogP contribution in [-0.4, -0.2) is 40.5 Å². The number of benzene rings is 2. The molecule has 2 aromatic carbocycles. The highest BCUT2D eigenvalue weighted by Gasteiger charge is 2.27. The van der Waals surface area contributed by atoms with Crippen LogP contribution in [0.25, 0.3) is 11.0 Å². The molecule has 1 aromatic heterocycles. The fraction of sp³-hybridized carbons (Fsp3) is 0.364. The summed E-state index contributed by atoms with van der Waals surface area (Å²) in [6.45, 7) is 5.57. The topological polar surface area (TPSA) is 58.2 Å². The van der Waals surface area contributed by atoms with Crippen LogP contribution in [0.1, 0.15) is 35.7 Å². The third kappa shape index (κ3) is 3.68. The van der Waals surface area contributed by atoms with Crippen LogP contribution >= 0.6 is 0 Å². The molecule has 0 spiro atoms. The van der Waals surface area contributed by atoms with E-state index in [1.54, 1.807) is 0 Å². The van der Waals surface area contributed by atoms with Gasteiger partial charge < -0.3 is 14.6 Å². The van der Waals surface area contributed by atoms with Crippen molar-refractivity contribution >= 4 is 16.9 Å². The Kier molecular flexibility index (Phi) is 4.84. The Balaban J connectivity index is 1.42. The lowest BCUT2D eigenvalue weighted by Crippen LogP contribution is -2.41. The van der Waals surface area contributed by atoms with Gasteiger partial charge in [-0.25, -0.2) is 4.98 Å². The zero-order valence-electron chi connectivity index (χ0n) is 15.9. The first kappa shape index (κ1) is 17.6. The number of nitrogens with zero attached hydrogens (tertiary/aromatic N) is 2. The molecule has 2 heterocycles. The maximum Gasteiger partial charge on any atom is 0.260 e. The Morgan fingerprint density at radius 1 is 1.19 bits per heavy atom. The minimum atomic E-state index is 0.0402. The van der Waals surface area contributed by atoms with Crippen LogP contribution in [0.5, 0.6) is 5.75 Å². The van der Waals surface area contributed by atoms with Crippen molar-refractivity contribution < 1.29 is 9.53 Å². The van der Waals surface area contributed by atoms with Crippen molar-refractivity contribution in [1.82, 2.24) is 14.9 Å². The lowest BCUT2D eigenvalue weighted by Gasteiger charge is -2.32. The first-order valence-electron chi connectivity index (χ1n) is 9.53. The summed E-state index contributed by atoms with van der Waals surface area (Å²) in [7, 11) is 0. The number of aromatic amines is 1. The molecule has 0 aliphatic carbocycles. The number of carbonyl (C=O) groups is 1. The normalized spacial score (nSPS) is 17.3. The average molecular weight is 363 g/mol. The standard InChI is InChI=1S/C22H25N3O2/c1-15-7-5-8-16(2)21(15)27-14-20(26)25-12-6-9-17(13-25)22-23-18-10-3-4-11-19(18)24-22/h3-5,7-8,10-11,17H,6,9,12-14H2,1-2H3,(H,23,24)/t17-/m0/s1. The Labute approximate surface area is 159 Å². The molecule has 0 radical (unpaired) electrons. The van der Waals surface area contributed by atoms with Crippen molar-refractivity contribution in [3.05, 3.63) is 59.4 Å². The molecule has 3 aromatic rings. The van der Waals surface area contributed by atoms with E-state index in [-0.39, 0.29) is 18.4 Å². The largest absolute Gasteiger partial charge is 0.483 e. The third-order valence-corrected chi connectivity index (χ3v) is 5.32. The second kappa shape index (κ2) is 7.43. The third-order valence-electron chi connectivity index (χ3n) is 5.32. The second-order valence-corrected chi connectivity index (χ2v) is 7.33. The lowest BCUT2D eigenvalue weighted by molar-refractivity contribution is -0.134. The zero-order valence-corrected chi connectivity index (χ0v) is 15.9. The summed E-state index contributed by atoms with van der Waals surface area (Å²) in [6, 6.07) is 14.1. The summed E-state index contributed by atoms with van der Waals surface area (Å²) in [4.78, 5) is 22.8. The first-order valence-corrected chi connectivity index (χ1v) is 9.53. The number of para-hydroxylation sites is 3. The Bertz CT molecular complexity index is 910. The van der Waals surface area contributed by atoms with Crippen molar-refractivity contribution in [1.29, 1.82) is 0 Å². The number of hydrogen-bond donors (Lipinski definition) is 1. The van der Waals surface area contributed by atoms with Gasteiger partial charge >= 0.3 is 0 Å². The predicted octanol–water partition coefficient (Wildman–Crippen LogP) is 3.96. The maximum atomic E-state index is 12.7. The number of hydrogen-bond acceptors (Lipinski definition) is 3. The molecule has 0 unspecified atom stereocenters. The molecule has 1 N–H and O–H groups in total. The average Bonchev–Trinajstić information content (AvgIpc) is 3.12. The van der Waals surface area contributed by atoms with Gasteiger partial charge in [0, 0.05) is 19.0 Å². The predicted molar refractivity (Wildman–Crippen MR) is 106 cm³/mol. The molecule has 0 saturated carbocycles. The van der Waals surface area contributed by atoms with Gasteiger partial charge in [-0.05, 0) is 49.9 Å². The lowest BCUT2D eigenvalue weighted by atomic mass is 9.97. The van der Waals surface area contributed by atoms with Gasteiger partial charge in [0.15, 0.2) is 6.61 Å². The molecule has 1 fully saturated rings. The number of nitrogens with one attached hydrogen (secondary N) is 1. The minimum absolute atomic E-state index is 0.0402. The summed E-state index contributed by atoms with van der Waals surface area (Å²) >= 11 is 0. The summed E-state index contributed by atoms with van der Waals surface area (Å²) < 4.78 is 5.86. The highest BCUT2D eigenvalue weighted by atomic mass is 16.5. The quantitative estimate of drug-likeness (QED) is 0.763. The van der Waals surface area contributed by atoms with Gasteiger partial charge in [0.1, 0.15) is 11.6 Å². The summed E-state index contributed by atoms with van der Waals surface area (Å²) in [5.41, 5.74) is 4.15. The zero-order chi connectivity index (χ0) is 18.8. The molecule has 4 rings (SSSR count). The van der Waals surface area contributed by atoms with E-state index < -0.39 is 0 Å². The van der Waals surface area contributed by atoms with Crippen LogP contribution in [0.4, 0.5) is 0 Å². The molecule has 1 amide bonds. The van der Waals surface area contributed by atoms with Gasteiger partial charge in [-0.15, -0.1) is 0 Å². The number of imidazole rings is 1. The van der Waals surface area contributed by atoms with Gasteiger partial charge in [-0.1, -0.05) is 30.3 Å². The Morgan fingerprint density at radius 3 is 2.74 bits per heavy atom. The molecule has 1 saturated heterocycles. The van der Waals surface area contributed by atoms with E-state index in [2.05, 4.69) is 4.98 Å². The smallest absolute Gasteiger partial charge is 0.260 e. The van der Waals surface area contributed by atoms with Crippen molar-refractivity contribution in [2.24, 2.45) is 0 Å². The molecule has 1 aliphatic heterocycles. The molecule has 5 nitrogen and oxygen atoms in total. The van der Waals surface area contributed by atoms with Gasteiger partial charge in [-0.3, -0.25) is 4.79 Å². The highest BCUT2D eigenvalue weighted by molar-refractivity contribution is 5.78. The van der Waals surface area contributed by atoms with Crippen molar-refractivity contribution in [3.8, 4) is 5.75 Å². The van der Waals surface area contributed by atoms with Crippen LogP contribution in [0.2, 0.25) is 0 Å². The van der Waals surface area contributed by atoms with E-state index in [9.17, 15) is 4.79 Å². The number of likely N-dealkylation sites (tertiary alicyclic amines) is 1. The van der Waals surface area contributed by atoms with E-state index in [4.69, 9.17) is 9.72 Å². The molecular formula is C22H25N3O2. The van der Waals surface area contributed by atoms with Crippen LogP contribution in [0, 0.1) is 13.8 Å². The molecule has 1 atom stereocenters. The number of amides is 1. The van der Waals surface area contributed by atoms with E-state index >= 15 is 0 Å². The summed E-state index contributed by atoms with van der Waals surface area (Å²) in [5.74, 6) is 2.08. The van der Waals surface area contributed by atoms with Crippen molar-refractivity contribution in [3.63, 3.8) is 0 Å². The van der Waals surface area contributed by atoms with Crippen LogP contribution in [0.15, 0.2) is 42.5 Å². The van der Waals surface area contributed by atoms with Crippen molar-refractivity contribution in [2.75, 3.05) is 19.7 Å².